The minimum Gasteiger partial charge on any atom is -0.292 e. The number of benzene rings is 1. The van der Waals surface area contributed by atoms with Gasteiger partial charge in [-0.05, 0) is 0 Å². The molecule has 0 aliphatic rings. The summed E-state index contributed by atoms with van der Waals surface area (Å²) >= 11 is 6.07. The number of hydrogen-bond donors (Lipinski definition) is 0. The van der Waals surface area contributed by atoms with Crippen molar-refractivity contribution in [3.63, 3.8) is 0 Å². The zero-order valence-corrected chi connectivity index (χ0v) is 9.99. The van der Waals surface area contributed by atoms with E-state index in [1.165, 1.54) is 24.3 Å². The molecule has 0 saturated heterocycles. The average molecular weight is 323 g/mol. The Labute approximate surface area is 96.7 Å². The van der Waals surface area contributed by atoms with Crippen LogP contribution in [-0.4, -0.2) is 14.4 Å². The Balaban J connectivity index is 3.06. The smallest absolute Gasteiger partial charge is 0.270 e. The molecule has 0 aromatic heterocycles. The van der Waals surface area contributed by atoms with Gasteiger partial charge in [0.25, 0.3) is 5.69 Å². The first kappa shape index (κ1) is 11.3. The molecule has 0 unspecified atom stereocenters. The van der Waals surface area contributed by atoms with Gasteiger partial charge in [-0.25, -0.2) is 0 Å². The number of non-ortho nitro benzene ring substituents is 1. The van der Waals surface area contributed by atoms with Crippen LogP contribution in [0.15, 0.2) is 24.3 Å². The topological polar surface area (TPSA) is 60.2 Å². The van der Waals surface area contributed by atoms with E-state index in [9.17, 15) is 14.9 Å². The summed E-state index contributed by atoms with van der Waals surface area (Å²) in [5.41, 5.74) is 0.217. The maximum atomic E-state index is 11.4. The molecule has 0 saturated carbocycles. The van der Waals surface area contributed by atoms with Gasteiger partial charge in [-0.3, -0.25) is 14.9 Å². The molecule has 0 bridgehead atoms. The van der Waals surface area contributed by atoms with Gasteiger partial charge in [0.2, 0.25) is 0 Å². The van der Waals surface area contributed by atoms with E-state index in [2.05, 4.69) is 31.9 Å². The zero-order chi connectivity index (χ0) is 10.7. The zero-order valence-electron chi connectivity index (χ0n) is 6.81. The van der Waals surface area contributed by atoms with Crippen LogP contribution in [0.5, 0.6) is 0 Å². The molecule has 1 aromatic rings. The summed E-state index contributed by atoms with van der Waals surface area (Å²) in [4.78, 5) is 21.3. The van der Waals surface area contributed by atoms with Crippen molar-refractivity contribution in [1.29, 1.82) is 0 Å². The van der Waals surface area contributed by atoms with Gasteiger partial charge in [-0.1, -0.05) is 44.0 Å². The van der Waals surface area contributed by atoms with E-state index in [-0.39, 0.29) is 11.5 Å². The van der Waals surface area contributed by atoms with Gasteiger partial charge in [0, 0.05) is 17.7 Å². The summed E-state index contributed by atoms with van der Waals surface area (Å²) in [6, 6.07) is 5.60. The van der Waals surface area contributed by atoms with Gasteiger partial charge in [-0.2, -0.15) is 0 Å². The Hall–Kier alpha value is -0.750. The standard InChI is InChI=1S/C8H5Br2NO3/c9-8(10)7(12)5-2-1-3-6(4-5)11(13)14/h1-4,8H. The van der Waals surface area contributed by atoms with E-state index in [0.29, 0.717) is 5.56 Å². The first-order chi connectivity index (χ1) is 6.52. The van der Waals surface area contributed by atoms with Crippen LogP contribution in [0.2, 0.25) is 0 Å². The highest BCUT2D eigenvalue weighted by Gasteiger charge is 2.16. The number of hydrogen-bond acceptors (Lipinski definition) is 3. The average Bonchev–Trinajstić information content (AvgIpc) is 2.16. The van der Waals surface area contributed by atoms with Crippen LogP contribution in [0, 0.1) is 10.1 Å². The SMILES string of the molecule is O=C(c1cccc([N+](=O)[O-])c1)C(Br)Br. The Morgan fingerprint density at radius 2 is 2.07 bits per heavy atom. The fourth-order valence-corrected chi connectivity index (χ4v) is 1.43. The lowest BCUT2D eigenvalue weighted by Crippen LogP contribution is -2.07. The van der Waals surface area contributed by atoms with Crippen LogP contribution in [0.25, 0.3) is 0 Å². The maximum Gasteiger partial charge on any atom is 0.270 e. The lowest BCUT2D eigenvalue weighted by Gasteiger charge is -2.00. The van der Waals surface area contributed by atoms with E-state index in [0.717, 1.165) is 0 Å². The highest BCUT2D eigenvalue weighted by Crippen LogP contribution is 2.19. The molecule has 6 heteroatoms. The minimum atomic E-state index is -0.533. The van der Waals surface area contributed by atoms with Crippen LogP contribution in [0.1, 0.15) is 10.4 Å². The molecule has 0 amide bonds. The molecule has 0 N–H and O–H groups in total. The number of Topliss-reactive ketones (excluding diaryl/α,β-unsaturated/α-hetero) is 1. The van der Waals surface area contributed by atoms with Crippen molar-refractivity contribution in [2.45, 2.75) is 3.74 Å². The van der Waals surface area contributed by atoms with E-state index in [4.69, 9.17) is 0 Å². The number of nitro groups is 1. The minimum absolute atomic E-state index is 0.0866. The largest absolute Gasteiger partial charge is 0.292 e. The Kier molecular flexibility index (Phi) is 3.77. The molecule has 0 atom stereocenters. The lowest BCUT2D eigenvalue weighted by atomic mass is 10.1. The Morgan fingerprint density at radius 3 is 2.57 bits per heavy atom. The first-order valence-corrected chi connectivity index (χ1v) is 5.42. The second-order valence-corrected chi connectivity index (χ2v) is 5.53. The van der Waals surface area contributed by atoms with Gasteiger partial charge in [0.1, 0.15) is 3.74 Å². The lowest BCUT2D eigenvalue weighted by molar-refractivity contribution is -0.384. The third-order valence-corrected chi connectivity index (χ3v) is 2.37. The summed E-state index contributed by atoms with van der Waals surface area (Å²) in [5, 5.41) is 10.4. The molecule has 1 aromatic carbocycles. The Morgan fingerprint density at radius 1 is 1.43 bits per heavy atom. The van der Waals surface area contributed by atoms with Crippen molar-refractivity contribution >= 4 is 43.3 Å². The van der Waals surface area contributed by atoms with Crippen molar-refractivity contribution in [1.82, 2.24) is 0 Å². The van der Waals surface area contributed by atoms with Crippen molar-refractivity contribution in [2.75, 3.05) is 0 Å². The quantitative estimate of drug-likeness (QED) is 0.372. The normalized spacial score (nSPS) is 10.2. The number of carbonyl (C=O) groups is 1. The number of halogens is 2. The fraction of sp³-hybridized carbons (Fsp3) is 0.125. The number of carbonyl (C=O) groups excluding carboxylic acids is 1. The molecule has 0 heterocycles. The number of rotatable bonds is 3. The van der Waals surface area contributed by atoms with Crippen molar-refractivity contribution in [3.05, 3.63) is 39.9 Å². The van der Waals surface area contributed by atoms with Gasteiger partial charge in [0.05, 0.1) is 4.92 Å². The van der Waals surface area contributed by atoms with Crippen LogP contribution < -0.4 is 0 Å². The van der Waals surface area contributed by atoms with Crippen molar-refractivity contribution in [2.24, 2.45) is 0 Å². The summed E-state index contributed by atoms with van der Waals surface area (Å²) in [5.74, 6) is -0.242. The number of alkyl halides is 2. The third kappa shape index (κ3) is 2.62. The highest BCUT2D eigenvalue weighted by atomic mass is 79.9. The molecule has 0 radical (unpaired) electrons. The third-order valence-electron chi connectivity index (χ3n) is 1.54. The van der Waals surface area contributed by atoms with Crippen molar-refractivity contribution < 1.29 is 9.72 Å². The summed E-state index contributed by atoms with van der Waals surface area (Å²) in [6.45, 7) is 0. The van der Waals surface area contributed by atoms with Gasteiger partial charge >= 0.3 is 0 Å². The number of ketones is 1. The molecule has 14 heavy (non-hydrogen) atoms. The molecule has 0 aliphatic carbocycles. The van der Waals surface area contributed by atoms with Crippen LogP contribution >= 0.6 is 31.9 Å². The van der Waals surface area contributed by atoms with Crippen LogP contribution in [0.4, 0.5) is 5.69 Å². The second-order valence-electron chi connectivity index (χ2n) is 2.47. The van der Waals surface area contributed by atoms with E-state index < -0.39 is 8.66 Å². The first-order valence-electron chi connectivity index (χ1n) is 3.59. The second kappa shape index (κ2) is 4.65. The van der Waals surface area contributed by atoms with Gasteiger partial charge < -0.3 is 0 Å². The molecule has 0 spiro atoms. The van der Waals surface area contributed by atoms with E-state index >= 15 is 0 Å². The molecule has 0 aliphatic heterocycles. The predicted molar refractivity (Wildman–Crippen MR) is 59.1 cm³/mol. The number of nitro benzene ring substituents is 1. The molecule has 1 rings (SSSR count). The summed E-state index contributed by atoms with van der Waals surface area (Å²) < 4.78 is -0.517. The van der Waals surface area contributed by atoms with E-state index in [1.54, 1.807) is 0 Å². The van der Waals surface area contributed by atoms with Crippen molar-refractivity contribution in [3.8, 4) is 0 Å². The monoisotopic (exact) mass is 321 g/mol. The maximum absolute atomic E-state index is 11.4. The van der Waals surface area contributed by atoms with Crippen LogP contribution in [-0.2, 0) is 0 Å². The summed E-state index contributed by atoms with van der Waals surface area (Å²) in [7, 11) is 0. The van der Waals surface area contributed by atoms with Gasteiger partial charge in [0.15, 0.2) is 5.78 Å². The number of nitrogens with zero attached hydrogens (tertiary/aromatic N) is 1. The van der Waals surface area contributed by atoms with Gasteiger partial charge in [-0.15, -0.1) is 0 Å². The molecule has 74 valence electrons. The van der Waals surface area contributed by atoms with E-state index in [1.807, 2.05) is 0 Å². The molecule has 0 fully saturated rings. The molecule has 4 nitrogen and oxygen atoms in total. The summed E-state index contributed by atoms with van der Waals surface area (Å²) in [6.07, 6.45) is 0. The van der Waals surface area contributed by atoms with Crippen LogP contribution in [0.3, 0.4) is 0 Å². The Bertz CT molecular complexity index is 379. The molecular weight excluding hydrogens is 318 g/mol. The predicted octanol–water partition coefficient (Wildman–Crippen LogP) is 2.89. The highest BCUT2D eigenvalue weighted by molar-refractivity contribution is 9.25. The molecular formula is C8H5Br2NO3. The fourth-order valence-electron chi connectivity index (χ4n) is 0.899.